The van der Waals surface area contributed by atoms with Gasteiger partial charge in [-0.25, -0.2) is 17.2 Å². The van der Waals surface area contributed by atoms with E-state index in [-0.39, 0.29) is 28.2 Å². The Morgan fingerprint density at radius 2 is 2.04 bits per heavy atom. The smallest absolute Gasteiger partial charge is 0.277 e. The standard InChI is InChI=1S/C15H16F2N2O3S2/c1-9(14-11(16)3-2-4-12(14)17)23-15-19-18-13(22-15)7-10-5-6-24(20,21)8-10/h2-4,9-10H,5-8H2,1H3/t9-,10+/m1/s1. The predicted octanol–water partition coefficient (Wildman–Crippen LogP) is 3.18. The Morgan fingerprint density at radius 1 is 1.33 bits per heavy atom. The van der Waals surface area contributed by atoms with Gasteiger partial charge in [-0.05, 0) is 31.4 Å². The molecule has 1 aliphatic rings. The summed E-state index contributed by atoms with van der Waals surface area (Å²) >= 11 is 1.07. The zero-order chi connectivity index (χ0) is 17.3. The van der Waals surface area contributed by atoms with Gasteiger partial charge in [0.15, 0.2) is 9.84 Å². The number of aromatic nitrogens is 2. The Bertz CT molecular complexity index is 819. The number of halogens is 2. The van der Waals surface area contributed by atoms with E-state index >= 15 is 0 Å². The summed E-state index contributed by atoms with van der Waals surface area (Å²) in [6.07, 6.45) is 0.985. The van der Waals surface area contributed by atoms with Crippen LogP contribution < -0.4 is 0 Å². The molecule has 0 N–H and O–H groups in total. The van der Waals surface area contributed by atoms with Gasteiger partial charge >= 0.3 is 0 Å². The first-order valence-corrected chi connectivity index (χ1v) is 10.2. The molecular formula is C15H16F2N2O3S2. The maximum absolute atomic E-state index is 13.8. The maximum Gasteiger partial charge on any atom is 0.277 e. The van der Waals surface area contributed by atoms with Crippen LogP contribution in [0.2, 0.25) is 0 Å². The van der Waals surface area contributed by atoms with E-state index in [4.69, 9.17) is 4.42 Å². The van der Waals surface area contributed by atoms with E-state index in [1.165, 1.54) is 18.2 Å². The Hall–Kier alpha value is -1.48. The lowest BCUT2D eigenvalue weighted by atomic mass is 10.1. The zero-order valence-corrected chi connectivity index (χ0v) is 14.5. The van der Waals surface area contributed by atoms with Gasteiger partial charge < -0.3 is 4.42 Å². The number of thioether (sulfide) groups is 1. The van der Waals surface area contributed by atoms with Crippen molar-refractivity contribution < 1.29 is 21.6 Å². The van der Waals surface area contributed by atoms with E-state index in [0.29, 0.717) is 18.7 Å². The molecule has 1 aromatic carbocycles. The van der Waals surface area contributed by atoms with Crippen LogP contribution in [-0.4, -0.2) is 30.1 Å². The fourth-order valence-corrected chi connectivity index (χ4v) is 5.50. The van der Waals surface area contributed by atoms with Crippen LogP contribution in [0.1, 0.15) is 30.0 Å². The first kappa shape index (κ1) is 17.3. The average Bonchev–Trinajstić information content (AvgIpc) is 3.05. The molecule has 1 aliphatic heterocycles. The SMILES string of the molecule is C[C@@H](Sc1nnc(C[C@@H]2CCS(=O)(=O)C2)o1)c1c(F)cccc1F. The van der Waals surface area contributed by atoms with E-state index < -0.39 is 26.7 Å². The number of hydrogen-bond acceptors (Lipinski definition) is 6. The number of nitrogens with zero attached hydrogens (tertiary/aromatic N) is 2. The molecule has 1 aromatic heterocycles. The fraction of sp³-hybridized carbons (Fsp3) is 0.467. The van der Waals surface area contributed by atoms with Gasteiger partial charge in [-0.15, -0.1) is 10.2 Å². The second kappa shape index (κ2) is 6.79. The van der Waals surface area contributed by atoms with Crippen molar-refractivity contribution in [1.29, 1.82) is 0 Å². The third kappa shape index (κ3) is 3.94. The largest absolute Gasteiger partial charge is 0.416 e. The summed E-state index contributed by atoms with van der Waals surface area (Å²) < 4.78 is 56.0. The van der Waals surface area contributed by atoms with E-state index in [2.05, 4.69) is 10.2 Å². The molecule has 2 atom stereocenters. The fourth-order valence-electron chi connectivity index (χ4n) is 2.76. The van der Waals surface area contributed by atoms with Crippen molar-refractivity contribution in [3.8, 4) is 0 Å². The molecule has 130 valence electrons. The lowest BCUT2D eigenvalue weighted by Crippen LogP contribution is -2.07. The van der Waals surface area contributed by atoms with Crippen LogP contribution in [0.5, 0.6) is 0 Å². The maximum atomic E-state index is 13.8. The van der Waals surface area contributed by atoms with Crippen molar-refractivity contribution in [2.45, 2.75) is 30.2 Å². The van der Waals surface area contributed by atoms with Crippen LogP contribution in [0.3, 0.4) is 0 Å². The first-order chi connectivity index (χ1) is 11.3. The molecule has 9 heteroatoms. The van der Waals surface area contributed by atoms with Gasteiger partial charge in [-0.2, -0.15) is 0 Å². The van der Waals surface area contributed by atoms with Gasteiger partial charge in [0.25, 0.3) is 5.22 Å². The second-order valence-electron chi connectivity index (χ2n) is 5.83. The van der Waals surface area contributed by atoms with E-state index in [9.17, 15) is 17.2 Å². The lowest BCUT2D eigenvalue weighted by Gasteiger charge is -2.10. The Labute approximate surface area is 142 Å². The van der Waals surface area contributed by atoms with Crippen molar-refractivity contribution in [2.24, 2.45) is 5.92 Å². The highest BCUT2D eigenvalue weighted by Gasteiger charge is 2.29. The Kier molecular flexibility index (Phi) is 4.91. The van der Waals surface area contributed by atoms with Crippen molar-refractivity contribution >= 4 is 21.6 Å². The van der Waals surface area contributed by atoms with Gasteiger partial charge in [0.1, 0.15) is 11.6 Å². The van der Waals surface area contributed by atoms with Crippen molar-refractivity contribution in [3.63, 3.8) is 0 Å². The van der Waals surface area contributed by atoms with Crippen molar-refractivity contribution in [2.75, 3.05) is 11.5 Å². The molecule has 0 saturated carbocycles. The third-order valence-corrected chi connectivity index (χ3v) is 6.72. The summed E-state index contributed by atoms with van der Waals surface area (Å²) in [5, 5.41) is 7.44. The highest BCUT2D eigenvalue weighted by molar-refractivity contribution is 7.99. The summed E-state index contributed by atoms with van der Waals surface area (Å²) in [6.45, 7) is 1.65. The summed E-state index contributed by atoms with van der Waals surface area (Å²) in [5.41, 5.74) is -0.0378. The average molecular weight is 374 g/mol. The van der Waals surface area contributed by atoms with E-state index in [1.807, 2.05) is 0 Å². The van der Waals surface area contributed by atoms with Crippen molar-refractivity contribution in [1.82, 2.24) is 10.2 Å². The van der Waals surface area contributed by atoms with Crippen LogP contribution in [0.25, 0.3) is 0 Å². The highest BCUT2D eigenvalue weighted by Crippen LogP contribution is 2.36. The summed E-state index contributed by atoms with van der Waals surface area (Å²) in [6, 6.07) is 3.72. The minimum Gasteiger partial charge on any atom is -0.416 e. The molecule has 0 bridgehead atoms. The van der Waals surface area contributed by atoms with Crippen LogP contribution in [0, 0.1) is 17.6 Å². The topological polar surface area (TPSA) is 73.1 Å². The third-order valence-electron chi connectivity index (χ3n) is 3.92. The Balaban J connectivity index is 1.66. The molecule has 0 aliphatic carbocycles. The van der Waals surface area contributed by atoms with Crippen LogP contribution in [0.4, 0.5) is 8.78 Å². The van der Waals surface area contributed by atoms with Gasteiger partial charge in [0, 0.05) is 17.2 Å². The molecule has 1 saturated heterocycles. The molecular weight excluding hydrogens is 358 g/mol. The number of rotatable bonds is 5. The molecule has 2 aromatic rings. The summed E-state index contributed by atoms with van der Waals surface area (Å²) in [5.74, 6) is -0.585. The minimum absolute atomic E-state index is 0.0188. The highest BCUT2D eigenvalue weighted by atomic mass is 32.2. The van der Waals surface area contributed by atoms with Gasteiger partial charge in [0.05, 0.1) is 11.5 Å². The monoisotopic (exact) mass is 374 g/mol. The first-order valence-electron chi connectivity index (χ1n) is 7.47. The molecule has 3 rings (SSSR count). The molecule has 5 nitrogen and oxygen atoms in total. The van der Waals surface area contributed by atoms with Crippen LogP contribution >= 0.6 is 11.8 Å². The van der Waals surface area contributed by atoms with Crippen LogP contribution in [-0.2, 0) is 16.3 Å². The number of benzene rings is 1. The van der Waals surface area contributed by atoms with Gasteiger partial charge in [0.2, 0.25) is 5.89 Å². The van der Waals surface area contributed by atoms with Gasteiger partial charge in [-0.3, -0.25) is 0 Å². The summed E-state index contributed by atoms with van der Waals surface area (Å²) in [4.78, 5) is 0. The van der Waals surface area contributed by atoms with Crippen molar-refractivity contribution in [3.05, 3.63) is 41.3 Å². The molecule has 0 radical (unpaired) electrons. The lowest BCUT2D eigenvalue weighted by molar-refractivity contribution is 0.388. The Morgan fingerprint density at radius 3 is 2.67 bits per heavy atom. The van der Waals surface area contributed by atoms with E-state index in [1.54, 1.807) is 6.92 Å². The summed E-state index contributed by atoms with van der Waals surface area (Å²) in [7, 11) is -2.95. The predicted molar refractivity (Wildman–Crippen MR) is 85.4 cm³/mol. The molecule has 1 fully saturated rings. The molecule has 24 heavy (non-hydrogen) atoms. The second-order valence-corrected chi connectivity index (χ2v) is 9.35. The molecule has 0 unspecified atom stereocenters. The van der Waals surface area contributed by atoms with Crippen LogP contribution in [0.15, 0.2) is 27.8 Å². The molecule has 0 amide bonds. The molecule has 0 spiro atoms. The quantitative estimate of drug-likeness (QED) is 0.749. The van der Waals surface area contributed by atoms with E-state index in [0.717, 1.165) is 11.8 Å². The minimum atomic E-state index is -2.95. The van der Waals surface area contributed by atoms with Gasteiger partial charge in [-0.1, -0.05) is 17.8 Å². The normalized spacial score (nSPS) is 21.0. The number of hydrogen-bond donors (Lipinski definition) is 0. The zero-order valence-electron chi connectivity index (χ0n) is 12.9. The molecule has 2 heterocycles. The number of sulfone groups is 1.